The van der Waals surface area contributed by atoms with Crippen molar-refractivity contribution in [3.05, 3.63) is 65.7 Å². The molecule has 0 spiro atoms. The normalized spacial score (nSPS) is 11.4. The van der Waals surface area contributed by atoms with Gasteiger partial charge in [0.15, 0.2) is 0 Å². The lowest BCUT2D eigenvalue weighted by Crippen LogP contribution is -1.91. The zero-order valence-corrected chi connectivity index (χ0v) is 10.3. The summed E-state index contributed by atoms with van der Waals surface area (Å²) in [5.41, 5.74) is 1.79. The highest BCUT2D eigenvalue weighted by atomic mass is 32.2. The summed E-state index contributed by atoms with van der Waals surface area (Å²) in [5.74, 6) is 6.14. The summed E-state index contributed by atoms with van der Waals surface area (Å²) in [4.78, 5) is 0.788. The van der Waals surface area contributed by atoms with Crippen LogP contribution in [0, 0.1) is 11.8 Å². The summed E-state index contributed by atoms with van der Waals surface area (Å²) >= 11 is 0. The zero-order valence-electron chi connectivity index (χ0n) is 9.51. The first-order valence-corrected chi connectivity index (χ1v) is 6.83. The molecule has 2 heteroatoms. The third kappa shape index (κ3) is 3.05. The van der Waals surface area contributed by atoms with Gasteiger partial charge in [-0.15, -0.1) is 0 Å². The summed E-state index contributed by atoms with van der Waals surface area (Å²) in [6, 6.07) is 17.3. The second-order valence-electron chi connectivity index (χ2n) is 3.57. The quantitative estimate of drug-likeness (QED) is 0.700. The number of hydrogen-bond donors (Lipinski definition) is 0. The van der Waals surface area contributed by atoms with E-state index in [1.807, 2.05) is 54.6 Å². The molecule has 0 aliphatic rings. The molecule has 0 aliphatic carbocycles. The van der Waals surface area contributed by atoms with Crippen molar-refractivity contribution in [2.45, 2.75) is 4.90 Å². The van der Waals surface area contributed by atoms with Gasteiger partial charge in [0.2, 0.25) is 0 Å². The predicted octanol–water partition coefficient (Wildman–Crippen LogP) is 2.82. The van der Waals surface area contributed by atoms with Crippen LogP contribution in [0.3, 0.4) is 0 Å². The third-order valence-electron chi connectivity index (χ3n) is 2.31. The summed E-state index contributed by atoms with van der Waals surface area (Å²) in [6.45, 7) is 0. The van der Waals surface area contributed by atoms with Gasteiger partial charge < -0.3 is 0 Å². The van der Waals surface area contributed by atoms with E-state index < -0.39 is 10.8 Å². The Morgan fingerprint density at radius 2 is 1.53 bits per heavy atom. The first-order chi connectivity index (χ1) is 8.27. The van der Waals surface area contributed by atoms with Crippen LogP contribution >= 0.6 is 0 Å². The standard InChI is InChI=1S/C15H12OS/c1-17(16)15-10-6-5-9-14(15)12-11-13-7-3-2-4-8-13/h2-10H,1H3. The lowest BCUT2D eigenvalue weighted by atomic mass is 10.2. The molecule has 0 radical (unpaired) electrons. The number of benzene rings is 2. The molecule has 1 atom stereocenters. The Morgan fingerprint density at radius 1 is 0.882 bits per heavy atom. The van der Waals surface area contributed by atoms with Crippen LogP contribution in [-0.4, -0.2) is 10.5 Å². The smallest absolute Gasteiger partial charge is 0.0541 e. The molecule has 1 unspecified atom stereocenters. The van der Waals surface area contributed by atoms with E-state index in [-0.39, 0.29) is 0 Å². The molecule has 2 rings (SSSR count). The Balaban J connectivity index is 2.38. The van der Waals surface area contributed by atoms with Gasteiger partial charge in [-0.2, -0.15) is 0 Å². The highest BCUT2D eigenvalue weighted by Crippen LogP contribution is 2.11. The van der Waals surface area contributed by atoms with Crippen LogP contribution in [0.1, 0.15) is 11.1 Å². The molecular formula is C15H12OS. The van der Waals surface area contributed by atoms with E-state index in [4.69, 9.17) is 0 Å². The van der Waals surface area contributed by atoms with Crippen LogP contribution in [0.5, 0.6) is 0 Å². The van der Waals surface area contributed by atoms with E-state index in [0.29, 0.717) is 0 Å². The van der Waals surface area contributed by atoms with Crippen molar-refractivity contribution in [2.75, 3.05) is 6.26 Å². The Hall–Kier alpha value is -1.85. The molecule has 0 bridgehead atoms. The van der Waals surface area contributed by atoms with Gasteiger partial charge in [-0.25, -0.2) is 0 Å². The van der Waals surface area contributed by atoms with Gasteiger partial charge in [0.25, 0.3) is 0 Å². The minimum absolute atomic E-state index is 0.788. The Morgan fingerprint density at radius 3 is 2.24 bits per heavy atom. The first kappa shape index (κ1) is 11.6. The molecule has 0 saturated carbocycles. The Kier molecular flexibility index (Phi) is 3.74. The van der Waals surface area contributed by atoms with Crippen LogP contribution in [0.4, 0.5) is 0 Å². The van der Waals surface area contributed by atoms with E-state index in [9.17, 15) is 4.21 Å². The van der Waals surface area contributed by atoms with Gasteiger partial charge in [0, 0.05) is 17.4 Å². The SMILES string of the molecule is CS(=O)c1ccccc1C#Cc1ccccc1. The minimum atomic E-state index is -1.00. The highest BCUT2D eigenvalue weighted by Gasteiger charge is 2.01. The maximum atomic E-state index is 11.5. The van der Waals surface area contributed by atoms with Crippen molar-refractivity contribution in [1.29, 1.82) is 0 Å². The lowest BCUT2D eigenvalue weighted by molar-refractivity contribution is 0.686. The van der Waals surface area contributed by atoms with Gasteiger partial charge in [-0.3, -0.25) is 4.21 Å². The molecule has 0 saturated heterocycles. The van der Waals surface area contributed by atoms with Gasteiger partial charge in [-0.05, 0) is 24.3 Å². The second-order valence-corrected chi connectivity index (χ2v) is 4.91. The fourth-order valence-electron chi connectivity index (χ4n) is 1.48. The van der Waals surface area contributed by atoms with Crippen LogP contribution in [0.25, 0.3) is 0 Å². The molecule has 0 fully saturated rings. The van der Waals surface area contributed by atoms with E-state index in [1.54, 1.807) is 6.26 Å². The molecule has 2 aromatic carbocycles. The predicted molar refractivity (Wildman–Crippen MR) is 71.2 cm³/mol. The number of hydrogen-bond acceptors (Lipinski definition) is 1. The van der Waals surface area contributed by atoms with E-state index in [1.165, 1.54) is 0 Å². The van der Waals surface area contributed by atoms with Crippen LogP contribution < -0.4 is 0 Å². The van der Waals surface area contributed by atoms with Crippen LogP contribution in [-0.2, 0) is 10.8 Å². The van der Waals surface area contributed by atoms with Gasteiger partial charge in [0.1, 0.15) is 0 Å². The van der Waals surface area contributed by atoms with E-state index in [0.717, 1.165) is 16.0 Å². The summed E-state index contributed by atoms with van der Waals surface area (Å²) < 4.78 is 11.5. The maximum absolute atomic E-state index is 11.5. The molecule has 0 heterocycles. The van der Waals surface area contributed by atoms with Crippen molar-refractivity contribution < 1.29 is 4.21 Å². The number of rotatable bonds is 1. The fourth-order valence-corrected chi connectivity index (χ4v) is 2.18. The Bertz CT molecular complexity index is 591. The molecule has 2 aromatic rings. The van der Waals surface area contributed by atoms with Gasteiger partial charge in [0.05, 0.1) is 15.7 Å². The topological polar surface area (TPSA) is 17.1 Å². The molecule has 0 N–H and O–H groups in total. The minimum Gasteiger partial charge on any atom is -0.255 e. The Labute approximate surface area is 104 Å². The van der Waals surface area contributed by atoms with Crippen molar-refractivity contribution in [3.8, 4) is 11.8 Å². The van der Waals surface area contributed by atoms with Crippen molar-refractivity contribution in [2.24, 2.45) is 0 Å². The fraction of sp³-hybridized carbons (Fsp3) is 0.0667. The molecule has 0 aliphatic heterocycles. The van der Waals surface area contributed by atoms with Crippen molar-refractivity contribution in [3.63, 3.8) is 0 Å². The lowest BCUT2D eigenvalue weighted by Gasteiger charge is -1.98. The average Bonchev–Trinajstić information content (AvgIpc) is 2.38. The van der Waals surface area contributed by atoms with Crippen LogP contribution in [0.2, 0.25) is 0 Å². The second kappa shape index (κ2) is 5.47. The average molecular weight is 240 g/mol. The third-order valence-corrected chi connectivity index (χ3v) is 3.29. The van der Waals surface area contributed by atoms with E-state index >= 15 is 0 Å². The largest absolute Gasteiger partial charge is 0.255 e. The molecule has 0 aromatic heterocycles. The highest BCUT2D eigenvalue weighted by molar-refractivity contribution is 7.84. The first-order valence-electron chi connectivity index (χ1n) is 5.27. The molecular weight excluding hydrogens is 228 g/mol. The summed E-state index contributed by atoms with van der Waals surface area (Å²) in [6.07, 6.45) is 1.67. The molecule has 0 amide bonds. The monoisotopic (exact) mass is 240 g/mol. The summed E-state index contributed by atoms with van der Waals surface area (Å²) in [7, 11) is -1.00. The molecule has 84 valence electrons. The zero-order chi connectivity index (χ0) is 12.1. The van der Waals surface area contributed by atoms with E-state index in [2.05, 4.69) is 11.8 Å². The van der Waals surface area contributed by atoms with Crippen molar-refractivity contribution >= 4 is 10.8 Å². The molecule has 17 heavy (non-hydrogen) atoms. The molecule has 1 nitrogen and oxygen atoms in total. The van der Waals surface area contributed by atoms with Crippen LogP contribution in [0.15, 0.2) is 59.5 Å². The van der Waals surface area contributed by atoms with Gasteiger partial charge in [-0.1, -0.05) is 42.2 Å². The van der Waals surface area contributed by atoms with Gasteiger partial charge >= 0.3 is 0 Å². The maximum Gasteiger partial charge on any atom is 0.0541 e. The van der Waals surface area contributed by atoms with Crippen molar-refractivity contribution in [1.82, 2.24) is 0 Å². The summed E-state index contributed by atoms with van der Waals surface area (Å²) in [5, 5.41) is 0.